The summed E-state index contributed by atoms with van der Waals surface area (Å²) in [5.74, 6) is -0.728. The zero-order chi connectivity index (χ0) is 16.7. The third kappa shape index (κ3) is 4.79. The summed E-state index contributed by atoms with van der Waals surface area (Å²) in [5, 5.41) is 2.79. The molecular formula is C18H20FNO3. The molecule has 122 valence electrons. The third-order valence-electron chi connectivity index (χ3n) is 3.27. The number of halogens is 1. The highest BCUT2D eigenvalue weighted by molar-refractivity contribution is 5.94. The van der Waals surface area contributed by atoms with Gasteiger partial charge in [0, 0.05) is 12.8 Å². The fraction of sp³-hybridized carbons (Fsp3) is 0.278. The lowest BCUT2D eigenvalue weighted by molar-refractivity contribution is -0.122. The molecule has 5 heteroatoms. The fourth-order valence-corrected chi connectivity index (χ4v) is 2.14. The average molecular weight is 317 g/mol. The van der Waals surface area contributed by atoms with Gasteiger partial charge in [0.1, 0.15) is 0 Å². The maximum absolute atomic E-state index is 13.6. The van der Waals surface area contributed by atoms with Crippen molar-refractivity contribution in [3.05, 3.63) is 59.9 Å². The molecule has 2 rings (SSSR count). The van der Waals surface area contributed by atoms with Crippen molar-refractivity contribution in [2.24, 2.45) is 0 Å². The second-order valence-electron chi connectivity index (χ2n) is 5.07. The number of rotatable bonds is 7. The molecule has 0 saturated heterocycles. The van der Waals surface area contributed by atoms with E-state index in [-0.39, 0.29) is 11.7 Å². The van der Waals surface area contributed by atoms with E-state index in [4.69, 9.17) is 9.47 Å². The van der Waals surface area contributed by atoms with Crippen LogP contribution in [0, 0.1) is 5.82 Å². The summed E-state index contributed by atoms with van der Waals surface area (Å²) in [6.45, 7) is 2.28. The summed E-state index contributed by atoms with van der Waals surface area (Å²) in [6.07, 6.45) is -0.337. The van der Waals surface area contributed by atoms with Gasteiger partial charge in [0.2, 0.25) is 0 Å². The molecule has 0 aliphatic rings. The second kappa shape index (κ2) is 8.29. The minimum absolute atomic E-state index is 0.0719. The van der Waals surface area contributed by atoms with E-state index in [0.717, 1.165) is 5.56 Å². The molecule has 4 nitrogen and oxygen atoms in total. The predicted molar refractivity (Wildman–Crippen MR) is 86.9 cm³/mol. The number of amides is 1. The number of hydrogen-bond acceptors (Lipinski definition) is 3. The van der Waals surface area contributed by atoms with Crippen molar-refractivity contribution < 1.29 is 18.7 Å². The van der Waals surface area contributed by atoms with Crippen molar-refractivity contribution in [1.82, 2.24) is 0 Å². The quantitative estimate of drug-likeness (QED) is 0.845. The molecule has 0 bridgehead atoms. The number of ether oxygens (including phenoxy) is 2. The Hall–Kier alpha value is -2.40. The standard InChI is InChI=1S/C18H20FNO3/c1-3-16(23-17-10-5-4-9-15(17)19)18(21)20-14-8-6-7-13(11-14)12-22-2/h4-11,16H,3,12H2,1-2H3,(H,20,21). The first kappa shape index (κ1) is 17.0. The fourth-order valence-electron chi connectivity index (χ4n) is 2.14. The number of benzene rings is 2. The smallest absolute Gasteiger partial charge is 0.265 e. The number of anilines is 1. The Bertz CT molecular complexity index is 660. The summed E-state index contributed by atoms with van der Waals surface area (Å²) in [6, 6.07) is 13.4. The summed E-state index contributed by atoms with van der Waals surface area (Å²) in [7, 11) is 1.61. The Morgan fingerprint density at radius 1 is 1.22 bits per heavy atom. The predicted octanol–water partition coefficient (Wildman–Crippen LogP) is 3.77. The van der Waals surface area contributed by atoms with Crippen LogP contribution >= 0.6 is 0 Å². The van der Waals surface area contributed by atoms with E-state index in [9.17, 15) is 9.18 Å². The summed E-state index contributed by atoms with van der Waals surface area (Å²) in [5.41, 5.74) is 1.61. The second-order valence-corrected chi connectivity index (χ2v) is 5.07. The van der Waals surface area contributed by atoms with Gasteiger partial charge in [-0.15, -0.1) is 0 Å². The highest BCUT2D eigenvalue weighted by atomic mass is 19.1. The van der Waals surface area contributed by atoms with Crippen LogP contribution in [0.1, 0.15) is 18.9 Å². The maximum atomic E-state index is 13.6. The first-order valence-corrected chi connectivity index (χ1v) is 7.44. The highest BCUT2D eigenvalue weighted by Crippen LogP contribution is 2.19. The maximum Gasteiger partial charge on any atom is 0.265 e. The van der Waals surface area contributed by atoms with Crippen molar-refractivity contribution in [2.45, 2.75) is 26.1 Å². The molecule has 1 amide bonds. The molecular weight excluding hydrogens is 297 g/mol. The molecule has 0 heterocycles. The lowest BCUT2D eigenvalue weighted by Crippen LogP contribution is -2.32. The topological polar surface area (TPSA) is 47.6 Å². The van der Waals surface area contributed by atoms with Crippen LogP contribution in [0.15, 0.2) is 48.5 Å². The molecule has 2 aromatic rings. The van der Waals surface area contributed by atoms with Gasteiger partial charge in [-0.2, -0.15) is 0 Å². The number of carbonyl (C=O) groups is 1. The lowest BCUT2D eigenvalue weighted by atomic mass is 10.2. The van der Waals surface area contributed by atoms with Gasteiger partial charge in [-0.3, -0.25) is 4.79 Å². The van der Waals surface area contributed by atoms with Crippen molar-refractivity contribution in [2.75, 3.05) is 12.4 Å². The van der Waals surface area contributed by atoms with E-state index in [1.807, 2.05) is 25.1 Å². The molecule has 1 unspecified atom stereocenters. The largest absolute Gasteiger partial charge is 0.478 e. The zero-order valence-electron chi connectivity index (χ0n) is 13.2. The van der Waals surface area contributed by atoms with Crippen LogP contribution in [0.2, 0.25) is 0 Å². The molecule has 1 N–H and O–H groups in total. The van der Waals surface area contributed by atoms with Gasteiger partial charge in [-0.05, 0) is 36.2 Å². The van der Waals surface area contributed by atoms with E-state index in [2.05, 4.69) is 5.32 Å². The molecule has 0 spiro atoms. The summed E-state index contributed by atoms with van der Waals surface area (Å²) < 4.78 is 24.2. The van der Waals surface area contributed by atoms with Gasteiger partial charge in [0.25, 0.3) is 5.91 Å². The van der Waals surface area contributed by atoms with E-state index in [0.29, 0.717) is 18.7 Å². The summed E-state index contributed by atoms with van der Waals surface area (Å²) in [4.78, 5) is 12.3. The molecule has 0 radical (unpaired) electrons. The monoisotopic (exact) mass is 317 g/mol. The van der Waals surface area contributed by atoms with Crippen LogP contribution in [0.5, 0.6) is 5.75 Å². The van der Waals surface area contributed by atoms with Crippen molar-refractivity contribution in [3.8, 4) is 5.75 Å². The number of hydrogen-bond donors (Lipinski definition) is 1. The van der Waals surface area contributed by atoms with Gasteiger partial charge in [-0.1, -0.05) is 31.2 Å². The molecule has 0 fully saturated rings. The number of methoxy groups -OCH3 is 1. The van der Waals surface area contributed by atoms with Gasteiger partial charge in [-0.25, -0.2) is 4.39 Å². The van der Waals surface area contributed by atoms with Crippen LogP contribution < -0.4 is 10.1 Å². The van der Waals surface area contributed by atoms with Gasteiger partial charge in [0.05, 0.1) is 6.61 Å². The van der Waals surface area contributed by atoms with Gasteiger partial charge < -0.3 is 14.8 Å². The third-order valence-corrected chi connectivity index (χ3v) is 3.27. The Morgan fingerprint density at radius 3 is 2.70 bits per heavy atom. The van der Waals surface area contributed by atoms with Crippen LogP contribution in [0.25, 0.3) is 0 Å². The van der Waals surface area contributed by atoms with E-state index in [1.54, 1.807) is 25.3 Å². The highest BCUT2D eigenvalue weighted by Gasteiger charge is 2.20. The first-order chi connectivity index (χ1) is 11.1. The van der Waals surface area contributed by atoms with E-state index < -0.39 is 11.9 Å². The minimum Gasteiger partial charge on any atom is -0.478 e. The van der Waals surface area contributed by atoms with Gasteiger partial charge >= 0.3 is 0 Å². The Morgan fingerprint density at radius 2 is 2.00 bits per heavy atom. The minimum atomic E-state index is -0.766. The SMILES string of the molecule is CCC(Oc1ccccc1F)C(=O)Nc1cccc(COC)c1. The lowest BCUT2D eigenvalue weighted by Gasteiger charge is -2.18. The summed E-state index contributed by atoms with van der Waals surface area (Å²) >= 11 is 0. The Balaban J connectivity index is 2.05. The first-order valence-electron chi connectivity index (χ1n) is 7.44. The molecule has 23 heavy (non-hydrogen) atoms. The average Bonchev–Trinajstić information content (AvgIpc) is 2.54. The van der Waals surface area contributed by atoms with Crippen LogP contribution in [-0.4, -0.2) is 19.1 Å². The normalized spacial score (nSPS) is 11.8. The van der Waals surface area contributed by atoms with Crippen LogP contribution in [0.3, 0.4) is 0 Å². The molecule has 0 saturated carbocycles. The van der Waals surface area contributed by atoms with Gasteiger partial charge in [0.15, 0.2) is 17.7 Å². The van der Waals surface area contributed by atoms with Crippen molar-refractivity contribution in [1.29, 1.82) is 0 Å². The molecule has 0 aliphatic carbocycles. The number of carbonyl (C=O) groups excluding carboxylic acids is 1. The van der Waals surface area contributed by atoms with E-state index in [1.165, 1.54) is 12.1 Å². The van der Waals surface area contributed by atoms with Crippen LogP contribution in [-0.2, 0) is 16.1 Å². The number of para-hydroxylation sites is 1. The molecule has 0 aliphatic heterocycles. The number of nitrogens with one attached hydrogen (secondary N) is 1. The van der Waals surface area contributed by atoms with Crippen molar-refractivity contribution >= 4 is 11.6 Å². The Kier molecular flexibility index (Phi) is 6.11. The van der Waals surface area contributed by atoms with E-state index >= 15 is 0 Å². The van der Waals surface area contributed by atoms with Crippen LogP contribution in [0.4, 0.5) is 10.1 Å². The molecule has 1 atom stereocenters. The van der Waals surface area contributed by atoms with Crippen molar-refractivity contribution in [3.63, 3.8) is 0 Å². The molecule has 0 aromatic heterocycles. The molecule has 2 aromatic carbocycles. The Labute approximate surface area is 135 Å². The zero-order valence-corrected chi connectivity index (χ0v) is 13.2.